The van der Waals surface area contributed by atoms with E-state index in [9.17, 15) is 4.79 Å². The molecular formula is C24H41BNO3P. The first-order valence-electron chi connectivity index (χ1n) is 11.5. The van der Waals surface area contributed by atoms with Gasteiger partial charge in [0, 0.05) is 11.7 Å². The molecule has 1 aliphatic rings. The number of carbonyl (C=O) groups is 1. The second-order valence-corrected chi connectivity index (χ2v) is 11.2. The van der Waals surface area contributed by atoms with Crippen LogP contribution in [-0.4, -0.2) is 35.9 Å². The number of ether oxygens (including phenoxy) is 1. The minimum absolute atomic E-state index is 0.0201. The Morgan fingerprint density at radius 3 is 2.37 bits per heavy atom. The molecule has 1 saturated carbocycles. The Morgan fingerprint density at radius 1 is 1.17 bits per heavy atom. The topological polar surface area (TPSA) is 47.6 Å². The van der Waals surface area contributed by atoms with E-state index in [4.69, 9.17) is 9.39 Å². The molecule has 1 aliphatic carbocycles. The molecule has 0 bridgehead atoms. The van der Waals surface area contributed by atoms with Gasteiger partial charge in [-0.2, -0.15) is 0 Å². The lowest BCUT2D eigenvalue weighted by atomic mass is 9.83. The van der Waals surface area contributed by atoms with Crippen LogP contribution in [0.1, 0.15) is 85.6 Å². The van der Waals surface area contributed by atoms with Gasteiger partial charge in [0.05, 0.1) is 5.60 Å². The number of rotatable bonds is 11. The zero-order chi connectivity index (χ0) is 22.4. The van der Waals surface area contributed by atoms with Crippen molar-refractivity contribution in [1.29, 1.82) is 0 Å². The SMILES string of the molecule is CCC(CC)(NCc1cccc(BOC(C)(C)C(C)(C)P)c1)C(=O)OC1CCCC1. The second-order valence-electron chi connectivity index (χ2n) is 9.80. The Balaban J connectivity index is 2.00. The van der Waals surface area contributed by atoms with E-state index < -0.39 is 5.54 Å². The lowest BCUT2D eigenvalue weighted by Crippen LogP contribution is -2.52. The van der Waals surface area contributed by atoms with E-state index in [1.165, 1.54) is 0 Å². The molecule has 168 valence electrons. The molecule has 0 amide bonds. The second kappa shape index (κ2) is 10.6. The molecule has 0 radical (unpaired) electrons. The van der Waals surface area contributed by atoms with Crippen molar-refractivity contribution in [2.75, 3.05) is 0 Å². The summed E-state index contributed by atoms with van der Waals surface area (Å²) in [6.45, 7) is 13.3. The molecular weight excluding hydrogens is 392 g/mol. The maximum Gasteiger partial charge on any atom is 0.326 e. The van der Waals surface area contributed by atoms with Gasteiger partial charge in [-0.15, -0.1) is 9.24 Å². The third-order valence-corrected chi connectivity index (χ3v) is 7.64. The Labute approximate surface area is 186 Å². The standard InChI is InChI=1S/C24H41BNO3P/c1-7-24(8-2,21(27)28-20-14-9-10-15-20)26-17-18-12-11-13-19(16-18)25-29-22(3,4)23(5,6)30/h11-13,16,20,25-26H,7-10,14-15,17,30H2,1-6H3. The number of hydrogen-bond donors (Lipinski definition) is 1. The van der Waals surface area contributed by atoms with Gasteiger partial charge in [-0.05, 0) is 57.9 Å². The molecule has 1 fully saturated rings. The molecule has 1 N–H and O–H groups in total. The lowest BCUT2D eigenvalue weighted by molar-refractivity contribution is -0.157. The maximum atomic E-state index is 13.0. The van der Waals surface area contributed by atoms with Gasteiger partial charge in [0.2, 0.25) is 0 Å². The summed E-state index contributed by atoms with van der Waals surface area (Å²) in [6, 6.07) is 8.42. The van der Waals surface area contributed by atoms with E-state index in [0.717, 1.165) is 49.6 Å². The molecule has 0 aliphatic heterocycles. The molecule has 0 heterocycles. The number of nitrogens with one attached hydrogen (secondary N) is 1. The summed E-state index contributed by atoms with van der Waals surface area (Å²) in [5.41, 5.74) is 1.42. The predicted octanol–water partition coefficient (Wildman–Crippen LogP) is 4.25. The van der Waals surface area contributed by atoms with Crippen LogP contribution in [0.3, 0.4) is 0 Å². The highest BCUT2D eigenvalue weighted by molar-refractivity contribution is 7.19. The number of benzene rings is 1. The van der Waals surface area contributed by atoms with Crippen molar-refractivity contribution in [2.45, 2.75) is 109 Å². The molecule has 0 saturated heterocycles. The largest absolute Gasteiger partial charge is 0.461 e. The van der Waals surface area contributed by atoms with Crippen molar-refractivity contribution in [3.63, 3.8) is 0 Å². The van der Waals surface area contributed by atoms with Crippen molar-refractivity contribution in [2.24, 2.45) is 0 Å². The highest BCUT2D eigenvalue weighted by Crippen LogP contribution is 2.33. The molecule has 1 atom stereocenters. The molecule has 1 aromatic rings. The normalized spacial score (nSPS) is 16.0. The van der Waals surface area contributed by atoms with Gasteiger partial charge >= 0.3 is 13.5 Å². The van der Waals surface area contributed by atoms with Crippen LogP contribution in [0.15, 0.2) is 24.3 Å². The quantitative estimate of drug-likeness (QED) is 0.322. The number of carbonyl (C=O) groups excluding carboxylic acids is 1. The fourth-order valence-corrected chi connectivity index (χ4v) is 3.76. The van der Waals surface area contributed by atoms with Gasteiger partial charge in [0.1, 0.15) is 11.6 Å². The first-order valence-corrected chi connectivity index (χ1v) is 12.1. The van der Waals surface area contributed by atoms with Crippen molar-refractivity contribution in [3.05, 3.63) is 29.8 Å². The summed E-state index contributed by atoms with van der Waals surface area (Å²) in [5.74, 6) is -0.0942. The van der Waals surface area contributed by atoms with Crippen LogP contribution in [0.25, 0.3) is 0 Å². The molecule has 30 heavy (non-hydrogen) atoms. The fraction of sp³-hybridized carbons (Fsp3) is 0.708. The molecule has 1 aromatic carbocycles. The van der Waals surface area contributed by atoms with Gasteiger partial charge in [-0.1, -0.05) is 57.4 Å². The van der Waals surface area contributed by atoms with Gasteiger partial charge in [-0.3, -0.25) is 10.1 Å². The van der Waals surface area contributed by atoms with Crippen molar-refractivity contribution < 1.29 is 14.2 Å². The van der Waals surface area contributed by atoms with Crippen LogP contribution < -0.4 is 10.8 Å². The van der Waals surface area contributed by atoms with Crippen LogP contribution in [0.2, 0.25) is 0 Å². The summed E-state index contributed by atoms with van der Waals surface area (Å²) in [4.78, 5) is 13.0. The van der Waals surface area contributed by atoms with Gasteiger partial charge in [0.25, 0.3) is 0 Å². The van der Waals surface area contributed by atoms with Crippen LogP contribution in [-0.2, 0) is 20.7 Å². The molecule has 2 rings (SSSR count). The molecule has 6 heteroatoms. The summed E-state index contributed by atoms with van der Waals surface area (Å²) in [7, 11) is 3.44. The average Bonchev–Trinajstić information content (AvgIpc) is 3.20. The van der Waals surface area contributed by atoms with Gasteiger partial charge < -0.3 is 9.39 Å². The van der Waals surface area contributed by atoms with E-state index in [1.807, 2.05) is 0 Å². The third-order valence-electron chi connectivity index (χ3n) is 6.95. The van der Waals surface area contributed by atoms with Crippen LogP contribution in [0, 0.1) is 0 Å². The number of hydrogen-bond acceptors (Lipinski definition) is 4. The minimum Gasteiger partial charge on any atom is -0.461 e. The first-order chi connectivity index (χ1) is 14.0. The lowest BCUT2D eigenvalue weighted by Gasteiger charge is -2.39. The zero-order valence-corrected chi connectivity index (χ0v) is 21.0. The monoisotopic (exact) mass is 433 g/mol. The maximum absolute atomic E-state index is 13.0. The highest BCUT2D eigenvalue weighted by atomic mass is 31.0. The molecule has 0 aromatic heterocycles. The molecule has 0 spiro atoms. The Kier molecular flexibility index (Phi) is 8.98. The first kappa shape index (κ1) is 25.4. The molecule has 1 unspecified atom stereocenters. The minimum atomic E-state index is -0.624. The van der Waals surface area contributed by atoms with E-state index in [0.29, 0.717) is 14.0 Å². The Hall–Kier alpha value is -0.895. The average molecular weight is 433 g/mol. The summed E-state index contributed by atoms with van der Waals surface area (Å²) in [5, 5.41) is 3.51. The van der Waals surface area contributed by atoms with Crippen molar-refractivity contribution in [3.8, 4) is 0 Å². The molecule has 4 nitrogen and oxygen atoms in total. The third kappa shape index (κ3) is 6.55. The van der Waals surface area contributed by atoms with Crippen molar-refractivity contribution >= 4 is 28.2 Å². The van der Waals surface area contributed by atoms with Crippen LogP contribution in [0.5, 0.6) is 0 Å². The summed E-state index contributed by atoms with van der Waals surface area (Å²) in [6.07, 6.45) is 5.86. The summed E-state index contributed by atoms with van der Waals surface area (Å²) < 4.78 is 12.1. The van der Waals surface area contributed by atoms with E-state index in [-0.39, 0.29) is 22.8 Å². The van der Waals surface area contributed by atoms with Gasteiger partial charge in [-0.25, -0.2) is 0 Å². The van der Waals surface area contributed by atoms with E-state index in [2.05, 4.69) is 80.4 Å². The van der Waals surface area contributed by atoms with E-state index >= 15 is 0 Å². The Bertz CT molecular complexity index is 692. The predicted molar refractivity (Wildman–Crippen MR) is 131 cm³/mol. The van der Waals surface area contributed by atoms with Crippen LogP contribution in [0.4, 0.5) is 0 Å². The smallest absolute Gasteiger partial charge is 0.326 e. The fourth-order valence-electron chi connectivity index (χ4n) is 3.68. The summed E-state index contributed by atoms with van der Waals surface area (Å²) >= 11 is 0. The van der Waals surface area contributed by atoms with Crippen molar-refractivity contribution in [1.82, 2.24) is 5.32 Å². The highest BCUT2D eigenvalue weighted by Gasteiger charge is 2.38. The number of esters is 1. The van der Waals surface area contributed by atoms with Gasteiger partial charge in [0.15, 0.2) is 0 Å². The van der Waals surface area contributed by atoms with Crippen LogP contribution >= 0.6 is 9.24 Å². The zero-order valence-electron chi connectivity index (χ0n) is 19.8. The van der Waals surface area contributed by atoms with E-state index in [1.54, 1.807) is 0 Å². The Morgan fingerprint density at radius 2 is 1.80 bits per heavy atom.